The maximum absolute atomic E-state index is 14.7. The molecule has 0 atom stereocenters. The van der Waals surface area contributed by atoms with Crippen molar-refractivity contribution in [1.82, 2.24) is 15.3 Å². The quantitative estimate of drug-likeness (QED) is 0.580. The van der Waals surface area contributed by atoms with Gasteiger partial charge in [-0.15, -0.1) is 0 Å². The summed E-state index contributed by atoms with van der Waals surface area (Å²) in [4.78, 5) is 21.0. The van der Waals surface area contributed by atoms with Crippen LogP contribution in [0.4, 0.5) is 16.0 Å². The Bertz CT molecular complexity index is 1070. The number of anilines is 2. The number of nitrogens with zero attached hydrogens (tertiary/aromatic N) is 2. The van der Waals surface area contributed by atoms with Gasteiger partial charge in [0.25, 0.3) is 5.91 Å². The molecule has 30 heavy (non-hydrogen) atoms. The Hall–Kier alpha value is -3.32. The van der Waals surface area contributed by atoms with Crippen LogP contribution in [0.25, 0.3) is 11.3 Å². The van der Waals surface area contributed by atoms with Gasteiger partial charge in [0.05, 0.1) is 12.3 Å². The number of fused-ring (bicyclic) bond motifs is 9. The highest BCUT2D eigenvalue weighted by molar-refractivity contribution is 5.94. The molecule has 0 unspecified atom stereocenters. The SMILES string of the molecule is Cc1ccc2cc1COCCCCNC(=O)c1ccc(c(F)c1)-c1ccnc(n1)N2. The average Bonchev–Trinajstić information content (AvgIpc) is 2.74. The van der Waals surface area contributed by atoms with Crippen molar-refractivity contribution in [2.45, 2.75) is 26.4 Å². The van der Waals surface area contributed by atoms with E-state index in [2.05, 4.69) is 20.6 Å². The zero-order valence-corrected chi connectivity index (χ0v) is 16.7. The number of carbonyl (C=O) groups excluding carboxylic acids is 1. The standard InChI is InChI=1S/C23H23FN4O2/c1-15-4-6-18-12-17(15)14-30-11-3-2-9-25-22(29)16-5-7-19(20(24)13-16)21-8-10-26-23(27-18)28-21/h4-8,10,12-13H,2-3,9,11,14H2,1H3,(H,25,29)(H,26,27,28). The number of ether oxygens (including phenoxy) is 1. The molecule has 0 saturated heterocycles. The zero-order valence-electron chi connectivity index (χ0n) is 16.7. The third kappa shape index (κ3) is 4.63. The first-order valence-electron chi connectivity index (χ1n) is 9.95. The molecule has 2 aliphatic heterocycles. The molecule has 2 aliphatic rings. The van der Waals surface area contributed by atoms with Crippen LogP contribution in [-0.2, 0) is 11.3 Å². The molecule has 154 valence electrons. The molecule has 7 heteroatoms. The molecular weight excluding hydrogens is 383 g/mol. The number of nitrogens with one attached hydrogen (secondary N) is 2. The molecule has 3 heterocycles. The average molecular weight is 406 g/mol. The third-order valence-corrected chi connectivity index (χ3v) is 5.03. The molecule has 3 aromatic rings. The number of aryl methyl sites for hydroxylation is 1. The molecule has 0 aliphatic carbocycles. The molecule has 6 nitrogen and oxygen atoms in total. The highest BCUT2D eigenvalue weighted by Gasteiger charge is 2.13. The Kier molecular flexibility index (Phi) is 5.99. The van der Waals surface area contributed by atoms with Crippen molar-refractivity contribution in [2.75, 3.05) is 18.5 Å². The van der Waals surface area contributed by atoms with E-state index in [0.29, 0.717) is 37.0 Å². The van der Waals surface area contributed by atoms with Crippen LogP contribution in [0.15, 0.2) is 48.7 Å². The number of hydrogen-bond acceptors (Lipinski definition) is 5. The fourth-order valence-electron chi connectivity index (χ4n) is 3.28. The van der Waals surface area contributed by atoms with Gasteiger partial charge < -0.3 is 15.4 Å². The highest BCUT2D eigenvalue weighted by atomic mass is 19.1. The second kappa shape index (κ2) is 9.00. The van der Waals surface area contributed by atoms with Gasteiger partial charge in [-0.25, -0.2) is 14.4 Å². The topological polar surface area (TPSA) is 76.1 Å². The number of amides is 1. The molecule has 2 N–H and O–H groups in total. The Morgan fingerprint density at radius 2 is 2.00 bits per heavy atom. The van der Waals surface area contributed by atoms with E-state index in [4.69, 9.17) is 4.74 Å². The zero-order chi connectivity index (χ0) is 20.9. The van der Waals surface area contributed by atoms with Crippen LogP contribution in [0.1, 0.15) is 34.3 Å². The second-order valence-corrected chi connectivity index (χ2v) is 7.24. The monoisotopic (exact) mass is 406 g/mol. The van der Waals surface area contributed by atoms with Crippen LogP contribution >= 0.6 is 0 Å². The van der Waals surface area contributed by atoms with E-state index < -0.39 is 5.82 Å². The number of carbonyl (C=O) groups is 1. The van der Waals surface area contributed by atoms with Crippen LogP contribution in [-0.4, -0.2) is 29.0 Å². The van der Waals surface area contributed by atoms with Crippen molar-refractivity contribution in [3.63, 3.8) is 0 Å². The summed E-state index contributed by atoms with van der Waals surface area (Å²) in [5.74, 6) is -0.436. The minimum Gasteiger partial charge on any atom is -0.377 e. The van der Waals surface area contributed by atoms with Crippen molar-refractivity contribution < 1.29 is 13.9 Å². The number of aromatic nitrogens is 2. The Labute approximate surface area is 174 Å². The highest BCUT2D eigenvalue weighted by Crippen LogP contribution is 2.24. The van der Waals surface area contributed by atoms with Crippen molar-refractivity contribution in [3.05, 3.63) is 71.2 Å². The summed E-state index contributed by atoms with van der Waals surface area (Å²) in [6.07, 6.45) is 3.18. The number of benzene rings is 2. The largest absolute Gasteiger partial charge is 0.377 e. The molecule has 6 bridgehead atoms. The van der Waals surface area contributed by atoms with E-state index in [1.165, 1.54) is 6.07 Å². The fourth-order valence-corrected chi connectivity index (χ4v) is 3.28. The smallest absolute Gasteiger partial charge is 0.251 e. The predicted molar refractivity (Wildman–Crippen MR) is 113 cm³/mol. The lowest BCUT2D eigenvalue weighted by atomic mass is 10.1. The maximum Gasteiger partial charge on any atom is 0.251 e. The summed E-state index contributed by atoms with van der Waals surface area (Å²) in [7, 11) is 0. The molecule has 0 fully saturated rings. The van der Waals surface area contributed by atoms with Gasteiger partial charge in [0.15, 0.2) is 0 Å². The van der Waals surface area contributed by atoms with Crippen molar-refractivity contribution >= 4 is 17.5 Å². The Morgan fingerprint density at radius 1 is 1.10 bits per heavy atom. The van der Waals surface area contributed by atoms with Gasteiger partial charge in [-0.3, -0.25) is 4.79 Å². The minimum atomic E-state index is -0.503. The summed E-state index contributed by atoms with van der Waals surface area (Å²) in [5, 5.41) is 6.00. The summed E-state index contributed by atoms with van der Waals surface area (Å²) in [6, 6.07) is 12.0. The predicted octanol–water partition coefficient (Wildman–Crippen LogP) is 4.37. The Morgan fingerprint density at radius 3 is 2.87 bits per heavy atom. The van der Waals surface area contributed by atoms with Crippen LogP contribution in [0.2, 0.25) is 0 Å². The van der Waals surface area contributed by atoms with Gasteiger partial charge in [-0.2, -0.15) is 0 Å². The first kappa shape index (κ1) is 20.0. The molecule has 0 spiro atoms. The van der Waals surface area contributed by atoms with Crippen molar-refractivity contribution in [2.24, 2.45) is 0 Å². The van der Waals surface area contributed by atoms with Crippen LogP contribution in [0.5, 0.6) is 0 Å². The maximum atomic E-state index is 14.7. The number of halogens is 1. The first-order valence-corrected chi connectivity index (χ1v) is 9.95. The van der Waals surface area contributed by atoms with Gasteiger partial charge in [0, 0.05) is 36.2 Å². The summed E-state index contributed by atoms with van der Waals surface area (Å²) < 4.78 is 20.5. The molecule has 0 saturated carbocycles. The van der Waals surface area contributed by atoms with E-state index in [1.807, 2.05) is 25.1 Å². The number of hydrogen-bond donors (Lipinski definition) is 2. The second-order valence-electron chi connectivity index (χ2n) is 7.24. The molecule has 5 rings (SSSR count). The lowest BCUT2D eigenvalue weighted by Gasteiger charge is -2.11. The van der Waals surface area contributed by atoms with Crippen LogP contribution in [0, 0.1) is 12.7 Å². The molecular formula is C23H23FN4O2. The van der Waals surface area contributed by atoms with Crippen LogP contribution in [0.3, 0.4) is 0 Å². The third-order valence-electron chi connectivity index (χ3n) is 5.03. The van der Waals surface area contributed by atoms with Crippen LogP contribution < -0.4 is 10.6 Å². The van der Waals surface area contributed by atoms with E-state index in [1.54, 1.807) is 24.4 Å². The van der Waals surface area contributed by atoms with Gasteiger partial charge in [-0.1, -0.05) is 6.07 Å². The van der Waals surface area contributed by atoms with E-state index in [0.717, 1.165) is 29.7 Å². The van der Waals surface area contributed by atoms with Gasteiger partial charge in [-0.05, 0) is 67.3 Å². The van der Waals surface area contributed by atoms with Crippen molar-refractivity contribution in [3.8, 4) is 11.3 Å². The normalized spacial score (nSPS) is 14.8. The van der Waals surface area contributed by atoms with E-state index in [9.17, 15) is 9.18 Å². The van der Waals surface area contributed by atoms with Gasteiger partial charge in [0.2, 0.25) is 5.95 Å². The van der Waals surface area contributed by atoms with Crippen molar-refractivity contribution in [1.29, 1.82) is 0 Å². The lowest BCUT2D eigenvalue weighted by molar-refractivity contribution is 0.0945. The first-order chi connectivity index (χ1) is 14.6. The van der Waals surface area contributed by atoms with E-state index in [-0.39, 0.29) is 11.5 Å². The lowest BCUT2D eigenvalue weighted by Crippen LogP contribution is -2.24. The summed E-state index contributed by atoms with van der Waals surface area (Å²) in [5.41, 5.74) is 4.07. The van der Waals surface area contributed by atoms with Gasteiger partial charge in [0.1, 0.15) is 5.82 Å². The molecule has 2 aromatic carbocycles. The van der Waals surface area contributed by atoms with E-state index >= 15 is 0 Å². The Balaban J connectivity index is 1.69. The molecule has 0 radical (unpaired) electrons. The fraction of sp³-hybridized carbons (Fsp3) is 0.261. The summed E-state index contributed by atoms with van der Waals surface area (Å²) in [6.45, 7) is 3.65. The summed E-state index contributed by atoms with van der Waals surface area (Å²) >= 11 is 0. The molecule has 1 aromatic heterocycles. The van der Waals surface area contributed by atoms with Gasteiger partial charge >= 0.3 is 0 Å². The minimum absolute atomic E-state index is 0.282. The molecule has 1 amide bonds. The number of rotatable bonds is 0.